The third-order valence-electron chi connectivity index (χ3n) is 3.13. The number of anilines is 1. The Morgan fingerprint density at radius 1 is 1.40 bits per heavy atom. The minimum atomic E-state index is -2.37. The van der Waals surface area contributed by atoms with Crippen molar-refractivity contribution in [3.63, 3.8) is 0 Å². The minimum absolute atomic E-state index is 0.294. The maximum atomic E-state index is 12.2. The van der Waals surface area contributed by atoms with E-state index in [4.69, 9.17) is 4.74 Å². The van der Waals surface area contributed by atoms with Crippen LogP contribution in [0.4, 0.5) is 14.5 Å². The van der Waals surface area contributed by atoms with Crippen LogP contribution in [0.2, 0.25) is 0 Å². The molecular weight excluding hydrogens is 282 g/mol. The fourth-order valence-electron chi connectivity index (χ4n) is 2.27. The molecule has 6 heteroatoms. The zero-order valence-electron chi connectivity index (χ0n) is 11.4. The highest BCUT2D eigenvalue weighted by Crippen LogP contribution is 2.26. The fourth-order valence-corrected chi connectivity index (χ4v) is 2.77. The predicted octanol–water partition coefficient (Wildman–Crippen LogP) is 3.18. The van der Waals surface area contributed by atoms with E-state index in [2.05, 4.69) is 17.6 Å². The molecular formula is C14H20F2N2OS. The van der Waals surface area contributed by atoms with Gasteiger partial charge in [-0.15, -0.1) is 0 Å². The molecule has 2 unspecified atom stereocenters. The molecule has 112 valence electrons. The molecule has 0 amide bonds. The monoisotopic (exact) mass is 302 g/mol. The Labute approximate surface area is 122 Å². The lowest BCUT2D eigenvalue weighted by Crippen LogP contribution is -2.43. The minimum Gasteiger partial charge on any atom is -0.383 e. The van der Waals surface area contributed by atoms with Crippen LogP contribution >= 0.6 is 11.8 Å². The van der Waals surface area contributed by atoms with Crippen LogP contribution in [0, 0.1) is 0 Å². The number of hydrogen-bond donors (Lipinski definition) is 2. The third kappa shape index (κ3) is 5.26. The number of nitrogens with one attached hydrogen (secondary N) is 2. The van der Waals surface area contributed by atoms with Gasteiger partial charge in [-0.05, 0) is 37.6 Å². The van der Waals surface area contributed by atoms with Crippen molar-refractivity contribution in [1.29, 1.82) is 0 Å². The second-order valence-electron chi connectivity index (χ2n) is 4.91. The summed E-state index contributed by atoms with van der Waals surface area (Å²) in [6.07, 6.45) is 0.966. The van der Waals surface area contributed by atoms with E-state index in [9.17, 15) is 8.78 Å². The highest BCUT2D eigenvalue weighted by molar-refractivity contribution is 7.99. The quantitative estimate of drug-likeness (QED) is 0.791. The van der Waals surface area contributed by atoms with Crippen LogP contribution in [0.15, 0.2) is 29.2 Å². The van der Waals surface area contributed by atoms with Gasteiger partial charge < -0.3 is 15.4 Å². The molecule has 0 radical (unpaired) electrons. The van der Waals surface area contributed by atoms with Crippen molar-refractivity contribution >= 4 is 17.4 Å². The molecule has 3 nitrogen and oxygen atoms in total. The highest BCUT2D eigenvalue weighted by atomic mass is 32.2. The number of halogens is 2. The summed E-state index contributed by atoms with van der Waals surface area (Å²) in [6, 6.07) is 7.78. The van der Waals surface area contributed by atoms with E-state index in [-0.39, 0.29) is 0 Å². The van der Waals surface area contributed by atoms with Crippen molar-refractivity contribution < 1.29 is 13.5 Å². The van der Waals surface area contributed by atoms with Gasteiger partial charge in [0.05, 0.1) is 13.2 Å². The van der Waals surface area contributed by atoms with E-state index in [1.165, 1.54) is 0 Å². The second-order valence-corrected chi connectivity index (χ2v) is 5.97. The molecule has 0 aromatic heterocycles. The summed E-state index contributed by atoms with van der Waals surface area (Å²) in [5, 5.41) is 6.79. The van der Waals surface area contributed by atoms with Crippen LogP contribution in [0.3, 0.4) is 0 Å². The van der Waals surface area contributed by atoms with Gasteiger partial charge in [0.25, 0.3) is 5.76 Å². The molecule has 2 atom stereocenters. The number of benzene rings is 1. The van der Waals surface area contributed by atoms with E-state index in [0.29, 0.717) is 28.7 Å². The molecule has 0 spiro atoms. The number of thioether (sulfide) groups is 1. The predicted molar refractivity (Wildman–Crippen MR) is 78.6 cm³/mol. The number of hydrogen-bond acceptors (Lipinski definition) is 4. The molecule has 1 saturated heterocycles. The summed E-state index contributed by atoms with van der Waals surface area (Å²) in [4.78, 5) is 0.584. The maximum Gasteiger partial charge on any atom is 0.288 e. The van der Waals surface area contributed by atoms with Crippen molar-refractivity contribution in [2.24, 2.45) is 0 Å². The summed E-state index contributed by atoms with van der Waals surface area (Å²) in [5.74, 6) is -2.37. The summed E-state index contributed by atoms with van der Waals surface area (Å²) in [6.45, 7) is 4.53. The summed E-state index contributed by atoms with van der Waals surface area (Å²) < 4.78 is 29.9. The van der Waals surface area contributed by atoms with E-state index in [1.807, 2.05) is 12.1 Å². The fraction of sp³-hybridized carbons (Fsp3) is 0.571. The Hall–Kier alpha value is -0.850. The van der Waals surface area contributed by atoms with Gasteiger partial charge in [0.15, 0.2) is 0 Å². The second kappa shape index (κ2) is 7.81. The summed E-state index contributed by atoms with van der Waals surface area (Å²) in [7, 11) is 0. The smallest absolute Gasteiger partial charge is 0.288 e. The SMILES string of the molecule is CC(CC1COCCN1)Nc1ccc(SC(F)F)cc1. The molecule has 0 aliphatic carbocycles. The van der Waals surface area contributed by atoms with E-state index >= 15 is 0 Å². The van der Waals surface area contributed by atoms with Gasteiger partial charge >= 0.3 is 0 Å². The van der Waals surface area contributed by atoms with Crippen LogP contribution < -0.4 is 10.6 Å². The van der Waals surface area contributed by atoms with Gasteiger partial charge in [0, 0.05) is 29.2 Å². The summed E-state index contributed by atoms with van der Waals surface area (Å²) in [5.41, 5.74) is 0.952. The molecule has 1 fully saturated rings. The van der Waals surface area contributed by atoms with Crippen LogP contribution in [0.5, 0.6) is 0 Å². The molecule has 1 heterocycles. The van der Waals surface area contributed by atoms with Crippen LogP contribution in [0.25, 0.3) is 0 Å². The molecule has 1 aromatic carbocycles. The van der Waals surface area contributed by atoms with Gasteiger partial charge in [-0.25, -0.2) is 0 Å². The first-order valence-electron chi connectivity index (χ1n) is 6.76. The largest absolute Gasteiger partial charge is 0.383 e. The lowest BCUT2D eigenvalue weighted by molar-refractivity contribution is 0.0731. The van der Waals surface area contributed by atoms with Crippen LogP contribution in [-0.2, 0) is 4.74 Å². The Bertz CT molecular complexity index is 397. The first-order valence-corrected chi connectivity index (χ1v) is 7.64. The highest BCUT2D eigenvalue weighted by Gasteiger charge is 2.16. The maximum absolute atomic E-state index is 12.2. The van der Waals surface area contributed by atoms with Crippen molar-refractivity contribution in [1.82, 2.24) is 5.32 Å². The lowest BCUT2D eigenvalue weighted by atomic mass is 10.1. The van der Waals surface area contributed by atoms with Crippen molar-refractivity contribution in [3.05, 3.63) is 24.3 Å². The average Bonchev–Trinajstić information content (AvgIpc) is 2.41. The zero-order valence-corrected chi connectivity index (χ0v) is 12.3. The van der Waals surface area contributed by atoms with E-state index in [0.717, 1.165) is 31.9 Å². The third-order valence-corrected chi connectivity index (χ3v) is 3.85. The average molecular weight is 302 g/mol. The van der Waals surface area contributed by atoms with E-state index < -0.39 is 5.76 Å². The molecule has 1 aromatic rings. The van der Waals surface area contributed by atoms with Crippen molar-refractivity contribution in [3.8, 4) is 0 Å². The van der Waals surface area contributed by atoms with Crippen molar-refractivity contribution in [2.45, 2.75) is 36.1 Å². The molecule has 2 rings (SSSR count). The van der Waals surface area contributed by atoms with Gasteiger partial charge in [0.2, 0.25) is 0 Å². The molecule has 0 saturated carbocycles. The molecule has 1 aliphatic rings. The number of alkyl halides is 2. The summed E-state index contributed by atoms with van der Waals surface area (Å²) >= 11 is 0.567. The molecule has 20 heavy (non-hydrogen) atoms. The standard InChI is InChI=1S/C14H20F2N2OS/c1-10(8-12-9-19-7-6-17-12)18-11-2-4-13(5-3-11)20-14(15)16/h2-5,10,12,14,17-18H,6-9H2,1H3. The van der Waals surface area contributed by atoms with Crippen molar-refractivity contribution in [2.75, 3.05) is 25.1 Å². The number of ether oxygens (including phenoxy) is 1. The van der Waals surface area contributed by atoms with Crippen LogP contribution in [-0.4, -0.2) is 37.6 Å². The number of rotatable bonds is 6. The Morgan fingerprint density at radius 2 is 2.15 bits per heavy atom. The van der Waals surface area contributed by atoms with Gasteiger partial charge in [-0.3, -0.25) is 0 Å². The lowest BCUT2D eigenvalue weighted by Gasteiger charge is -2.27. The van der Waals surface area contributed by atoms with Gasteiger partial charge in [-0.1, -0.05) is 11.8 Å². The Kier molecular flexibility index (Phi) is 6.06. The molecule has 1 aliphatic heterocycles. The molecule has 0 bridgehead atoms. The Balaban J connectivity index is 1.79. The van der Waals surface area contributed by atoms with Gasteiger partial charge in [0.1, 0.15) is 0 Å². The topological polar surface area (TPSA) is 33.3 Å². The zero-order chi connectivity index (χ0) is 14.4. The normalized spacial score (nSPS) is 20.9. The Morgan fingerprint density at radius 3 is 2.75 bits per heavy atom. The number of morpholine rings is 1. The van der Waals surface area contributed by atoms with Crippen LogP contribution in [0.1, 0.15) is 13.3 Å². The van der Waals surface area contributed by atoms with E-state index in [1.54, 1.807) is 12.1 Å². The first-order chi connectivity index (χ1) is 9.63. The first kappa shape index (κ1) is 15.5. The van der Waals surface area contributed by atoms with Gasteiger partial charge in [-0.2, -0.15) is 8.78 Å². The molecule has 2 N–H and O–H groups in total.